The van der Waals surface area contributed by atoms with Gasteiger partial charge in [0.1, 0.15) is 23.9 Å². The van der Waals surface area contributed by atoms with Gasteiger partial charge in [-0.15, -0.1) is 0 Å². The SMILES string of the molecule is CN(C)c1oc(/C=C(/C#N)C2=NN(c3ccccc3)[C@@H](N)[C@H]2C#N)cc1Br. The van der Waals surface area contributed by atoms with E-state index in [1.54, 1.807) is 17.2 Å². The molecular formula is C19H17BrN6O. The number of hydrogen-bond acceptors (Lipinski definition) is 7. The summed E-state index contributed by atoms with van der Waals surface area (Å²) in [5.41, 5.74) is 7.55. The molecule has 2 heterocycles. The Hall–Kier alpha value is -3.07. The highest BCUT2D eigenvalue weighted by Crippen LogP contribution is 2.32. The molecular weight excluding hydrogens is 408 g/mol. The van der Waals surface area contributed by atoms with E-state index < -0.39 is 12.1 Å². The number of nitrogens with zero attached hydrogens (tertiary/aromatic N) is 5. The molecule has 0 fully saturated rings. The lowest BCUT2D eigenvalue weighted by molar-refractivity contribution is 0.554. The fourth-order valence-electron chi connectivity index (χ4n) is 2.78. The maximum absolute atomic E-state index is 9.66. The van der Waals surface area contributed by atoms with Gasteiger partial charge in [-0.05, 0) is 28.1 Å². The lowest BCUT2D eigenvalue weighted by atomic mass is 9.96. The zero-order valence-corrected chi connectivity index (χ0v) is 16.4. The molecule has 0 unspecified atom stereocenters. The lowest BCUT2D eigenvalue weighted by Gasteiger charge is -2.21. The normalized spacial score (nSPS) is 19.4. The molecule has 0 saturated heterocycles. The number of rotatable bonds is 4. The summed E-state index contributed by atoms with van der Waals surface area (Å²) in [6.07, 6.45) is 0.895. The Labute approximate surface area is 165 Å². The molecule has 27 heavy (non-hydrogen) atoms. The van der Waals surface area contributed by atoms with Crippen LogP contribution >= 0.6 is 15.9 Å². The van der Waals surface area contributed by atoms with Crippen molar-refractivity contribution in [2.75, 3.05) is 24.0 Å². The summed E-state index contributed by atoms with van der Waals surface area (Å²) in [5, 5.41) is 25.3. The van der Waals surface area contributed by atoms with Crippen molar-refractivity contribution in [1.29, 1.82) is 10.5 Å². The number of benzene rings is 1. The molecule has 0 bridgehead atoms. The standard InChI is InChI=1S/C19H17BrN6O/c1-25(2)19-16(20)9-14(27-19)8-12(10-21)17-15(11-22)18(23)26(24-17)13-6-4-3-5-7-13/h3-9,15,18H,23H2,1-2H3/b12-8-/t15-,18+/m0/s1. The van der Waals surface area contributed by atoms with E-state index in [2.05, 4.69) is 33.2 Å². The summed E-state index contributed by atoms with van der Waals surface area (Å²) in [4.78, 5) is 1.81. The van der Waals surface area contributed by atoms with Crippen molar-refractivity contribution in [2.24, 2.45) is 16.8 Å². The Balaban J connectivity index is 2.02. The second-order valence-corrected chi connectivity index (χ2v) is 6.98. The van der Waals surface area contributed by atoms with Crippen LogP contribution in [0.3, 0.4) is 0 Å². The van der Waals surface area contributed by atoms with Gasteiger partial charge in [0, 0.05) is 26.2 Å². The van der Waals surface area contributed by atoms with Crippen LogP contribution in [-0.2, 0) is 0 Å². The first-order valence-corrected chi connectivity index (χ1v) is 8.92. The molecule has 1 aromatic heterocycles. The minimum Gasteiger partial charge on any atom is -0.440 e. The molecule has 2 N–H and O–H groups in total. The average Bonchev–Trinajstić information content (AvgIpc) is 3.20. The molecule has 1 aliphatic rings. The predicted octanol–water partition coefficient (Wildman–Crippen LogP) is 3.32. The van der Waals surface area contributed by atoms with Gasteiger partial charge in [-0.2, -0.15) is 15.6 Å². The minimum absolute atomic E-state index is 0.238. The quantitative estimate of drug-likeness (QED) is 0.754. The summed E-state index contributed by atoms with van der Waals surface area (Å²) < 4.78 is 6.51. The van der Waals surface area contributed by atoms with E-state index in [4.69, 9.17) is 10.2 Å². The summed E-state index contributed by atoms with van der Waals surface area (Å²) in [6.45, 7) is 0. The Morgan fingerprint density at radius 1 is 1.33 bits per heavy atom. The Morgan fingerprint density at radius 3 is 2.59 bits per heavy atom. The van der Waals surface area contributed by atoms with Gasteiger partial charge in [0.15, 0.2) is 0 Å². The molecule has 1 aromatic carbocycles. The molecule has 1 aliphatic heterocycles. The van der Waals surface area contributed by atoms with Gasteiger partial charge < -0.3 is 15.1 Å². The van der Waals surface area contributed by atoms with E-state index in [1.165, 1.54) is 0 Å². The number of hydrogen-bond donors (Lipinski definition) is 1. The van der Waals surface area contributed by atoms with E-state index in [-0.39, 0.29) is 5.57 Å². The van der Waals surface area contributed by atoms with Gasteiger partial charge in [0.25, 0.3) is 0 Å². The minimum atomic E-state index is -0.733. The zero-order valence-electron chi connectivity index (χ0n) is 14.8. The fraction of sp³-hybridized carbons (Fsp3) is 0.211. The fourth-order valence-corrected chi connectivity index (χ4v) is 3.44. The number of furan rings is 1. The maximum Gasteiger partial charge on any atom is 0.209 e. The third-order valence-electron chi connectivity index (χ3n) is 4.07. The molecule has 2 aromatic rings. The first-order chi connectivity index (χ1) is 13.0. The predicted molar refractivity (Wildman–Crippen MR) is 108 cm³/mol. The highest BCUT2D eigenvalue weighted by atomic mass is 79.9. The summed E-state index contributed by atoms with van der Waals surface area (Å²) in [7, 11) is 3.71. The molecule has 0 radical (unpaired) electrons. The number of para-hydroxylation sites is 1. The van der Waals surface area contributed by atoms with Crippen molar-refractivity contribution >= 4 is 39.3 Å². The van der Waals surface area contributed by atoms with Crippen LogP contribution in [0.25, 0.3) is 6.08 Å². The van der Waals surface area contributed by atoms with Crippen LogP contribution in [0.15, 0.2) is 56.0 Å². The first-order valence-electron chi connectivity index (χ1n) is 8.13. The van der Waals surface area contributed by atoms with Gasteiger partial charge in [-0.3, -0.25) is 0 Å². The molecule has 0 spiro atoms. The van der Waals surface area contributed by atoms with Crippen LogP contribution in [0.5, 0.6) is 0 Å². The van der Waals surface area contributed by atoms with Gasteiger partial charge in [-0.25, -0.2) is 5.01 Å². The molecule has 0 saturated carbocycles. The third-order valence-corrected chi connectivity index (χ3v) is 4.64. The van der Waals surface area contributed by atoms with Gasteiger partial charge in [-0.1, -0.05) is 18.2 Å². The molecule has 7 nitrogen and oxygen atoms in total. The lowest BCUT2D eigenvalue weighted by Crippen LogP contribution is -2.40. The van der Waals surface area contributed by atoms with E-state index >= 15 is 0 Å². The Morgan fingerprint density at radius 2 is 2.04 bits per heavy atom. The monoisotopic (exact) mass is 424 g/mol. The number of nitrogens with two attached hydrogens (primary N) is 1. The Kier molecular flexibility index (Phi) is 5.31. The average molecular weight is 425 g/mol. The zero-order chi connectivity index (χ0) is 19.6. The van der Waals surface area contributed by atoms with Gasteiger partial charge >= 0.3 is 0 Å². The molecule has 136 valence electrons. The largest absolute Gasteiger partial charge is 0.440 e. The number of anilines is 2. The van der Waals surface area contributed by atoms with Crippen molar-refractivity contribution in [3.63, 3.8) is 0 Å². The van der Waals surface area contributed by atoms with Crippen LogP contribution in [0.2, 0.25) is 0 Å². The second kappa shape index (κ2) is 7.67. The van der Waals surface area contributed by atoms with Crippen LogP contribution in [0.1, 0.15) is 5.76 Å². The molecule has 2 atom stereocenters. The van der Waals surface area contributed by atoms with E-state index in [9.17, 15) is 10.5 Å². The first kappa shape index (κ1) is 18.7. The van der Waals surface area contributed by atoms with Crippen LogP contribution < -0.4 is 15.6 Å². The number of nitriles is 2. The van der Waals surface area contributed by atoms with Gasteiger partial charge in [0.05, 0.1) is 27.5 Å². The maximum atomic E-state index is 9.66. The number of allylic oxidation sites excluding steroid dienone is 1. The van der Waals surface area contributed by atoms with Crippen LogP contribution in [0, 0.1) is 28.6 Å². The summed E-state index contributed by atoms with van der Waals surface area (Å²) in [5.74, 6) is 0.377. The Bertz CT molecular complexity index is 980. The highest BCUT2D eigenvalue weighted by molar-refractivity contribution is 9.10. The van der Waals surface area contributed by atoms with Crippen molar-refractivity contribution in [3.8, 4) is 12.1 Å². The topological polar surface area (TPSA) is 106 Å². The molecule has 3 rings (SSSR count). The van der Waals surface area contributed by atoms with E-state index in [1.807, 2.05) is 49.3 Å². The molecule has 8 heteroatoms. The smallest absolute Gasteiger partial charge is 0.209 e. The molecule has 0 amide bonds. The number of halogens is 1. The second-order valence-electron chi connectivity index (χ2n) is 6.13. The van der Waals surface area contributed by atoms with Crippen LogP contribution in [0.4, 0.5) is 11.6 Å². The van der Waals surface area contributed by atoms with Crippen molar-refractivity contribution in [3.05, 3.63) is 52.2 Å². The highest BCUT2D eigenvalue weighted by Gasteiger charge is 2.37. The summed E-state index contributed by atoms with van der Waals surface area (Å²) in [6, 6.07) is 15.3. The van der Waals surface area contributed by atoms with E-state index in [0.717, 1.165) is 10.2 Å². The van der Waals surface area contributed by atoms with Gasteiger partial charge in [0.2, 0.25) is 5.88 Å². The van der Waals surface area contributed by atoms with E-state index in [0.29, 0.717) is 17.4 Å². The van der Waals surface area contributed by atoms with Crippen molar-refractivity contribution < 1.29 is 4.42 Å². The van der Waals surface area contributed by atoms with Crippen molar-refractivity contribution in [2.45, 2.75) is 6.17 Å². The molecule has 0 aliphatic carbocycles. The van der Waals surface area contributed by atoms with Crippen molar-refractivity contribution in [1.82, 2.24) is 0 Å². The summed E-state index contributed by atoms with van der Waals surface area (Å²) >= 11 is 3.43. The number of hydrazone groups is 1. The third kappa shape index (κ3) is 3.59. The van der Waals surface area contributed by atoms with Crippen LogP contribution in [-0.4, -0.2) is 26.0 Å².